The van der Waals surface area contributed by atoms with Gasteiger partial charge in [0.15, 0.2) is 5.78 Å². The zero-order chi connectivity index (χ0) is 21.9. The molecule has 2 aromatic carbocycles. The summed E-state index contributed by atoms with van der Waals surface area (Å²) in [5, 5.41) is 0. The maximum absolute atomic E-state index is 13.7. The Morgan fingerprint density at radius 2 is 1.71 bits per heavy atom. The lowest BCUT2D eigenvalue weighted by Crippen LogP contribution is -2.43. The van der Waals surface area contributed by atoms with Crippen LogP contribution >= 0.6 is 0 Å². The van der Waals surface area contributed by atoms with Crippen LogP contribution in [0.5, 0.6) is 11.5 Å². The van der Waals surface area contributed by atoms with E-state index in [4.69, 9.17) is 9.47 Å². The topological polar surface area (TPSA) is 76.2 Å². The minimum atomic E-state index is -0.752. The smallest absolute Gasteiger partial charge is 0.240 e. The van der Waals surface area contributed by atoms with Gasteiger partial charge in [-0.1, -0.05) is 24.3 Å². The van der Waals surface area contributed by atoms with Crippen molar-refractivity contribution in [3.05, 3.63) is 59.8 Å². The first kappa shape index (κ1) is 19.4. The number of Topliss-reactive ketones (excluding diaryl/α,β-unsaturated/α-hetero) is 1. The highest BCUT2D eigenvalue weighted by Crippen LogP contribution is 2.54. The molecule has 2 fully saturated rings. The van der Waals surface area contributed by atoms with Gasteiger partial charge in [0.2, 0.25) is 11.8 Å². The zero-order valence-electron chi connectivity index (χ0n) is 17.4. The molecule has 31 heavy (non-hydrogen) atoms. The number of fused-ring (bicyclic) bond motifs is 5. The van der Waals surface area contributed by atoms with Crippen LogP contribution in [0.3, 0.4) is 0 Å². The summed E-state index contributed by atoms with van der Waals surface area (Å²) in [6.45, 7) is 1.48. The van der Waals surface area contributed by atoms with Crippen LogP contribution in [0.15, 0.2) is 48.7 Å². The average molecular weight is 418 g/mol. The van der Waals surface area contributed by atoms with Gasteiger partial charge in [0.25, 0.3) is 0 Å². The highest BCUT2D eigenvalue weighted by Gasteiger charge is 2.64. The molecule has 0 unspecified atom stereocenters. The number of nitrogens with zero attached hydrogens (tertiary/aromatic N) is 2. The summed E-state index contributed by atoms with van der Waals surface area (Å²) in [4.78, 5) is 43.0. The van der Waals surface area contributed by atoms with Gasteiger partial charge in [-0.15, -0.1) is 0 Å². The molecular weight excluding hydrogens is 396 g/mol. The summed E-state index contributed by atoms with van der Waals surface area (Å²) < 4.78 is 10.7. The van der Waals surface area contributed by atoms with Crippen molar-refractivity contribution in [3.8, 4) is 11.5 Å². The molecule has 2 amide bonds. The standard InChI is InChI=1S/C24H22N2O5/c1-13(27)21-19-20(22-16-7-5-4-6-14(16)10-11-25(21)22)24(29)26(23(19)28)17-9-8-15(30-2)12-18(17)31-3/h4-12,19-22H,1-3H3/t19-,20-,21-,22+/m0/s1. The number of carbonyl (C=O) groups excluding carboxylic acids is 3. The number of amides is 2. The number of hydrogen-bond acceptors (Lipinski definition) is 6. The first-order valence-electron chi connectivity index (χ1n) is 10.1. The lowest BCUT2D eigenvalue weighted by molar-refractivity contribution is -0.129. The normalized spacial score (nSPS) is 25.9. The Morgan fingerprint density at radius 1 is 0.968 bits per heavy atom. The molecule has 0 N–H and O–H groups in total. The molecule has 3 heterocycles. The molecule has 0 bridgehead atoms. The third-order valence-corrected chi connectivity index (χ3v) is 6.51. The fraction of sp³-hybridized carbons (Fsp3) is 0.292. The van der Waals surface area contributed by atoms with Crippen LogP contribution in [0, 0.1) is 11.8 Å². The van der Waals surface area contributed by atoms with E-state index >= 15 is 0 Å². The van der Waals surface area contributed by atoms with Gasteiger partial charge in [-0.2, -0.15) is 0 Å². The van der Waals surface area contributed by atoms with Gasteiger partial charge < -0.3 is 14.4 Å². The van der Waals surface area contributed by atoms with Crippen LogP contribution in [0.4, 0.5) is 5.69 Å². The van der Waals surface area contributed by atoms with E-state index in [1.807, 2.05) is 41.4 Å². The van der Waals surface area contributed by atoms with Crippen molar-refractivity contribution in [2.75, 3.05) is 19.1 Å². The first-order chi connectivity index (χ1) is 15.0. The molecular formula is C24H22N2O5. The first-order valence-corrected chi connectivity index (χ1v) is 10.1. The van der Waals surface area contributed by atoms with E-state index in [-0.39, 0.29) is 23.6 Å². The molecule has 7 heteroatoms. The van der Waals surface area contributed by atoms with E-state index in [0.717, 1.165) is 11.1 Å². The number of imide groups is 1. The van der Waals surface area contributed by atoms with Gasteiger partial charge in [-0.3, -0.25) is 14.4 Å². The summed E-state index contributed by atoms with van der Waals surface area (Å²) in [7, 11) is 3.01. The van der Waals surface area contributed by atoms with E-state index in [0.29, 0.717) is 17.2 Å². The molecule has 5 rings (SSSR count). The van der Waals surface area contributed by atoms with Gasteiger partial charge >= 0.3 is 0 Å². The van der Waals surface area contributed by atoms with Gasteiger partial charge in [-0.05, 0) is 36.3 Å². The molecule has 0 aromatic heterocycles. The lowest BCUT2D eigenvalue weighted by Gasteiger charge is -2.35. The average Bonchev–Trinajstić information content (AvgIpc) is 3.26. The number of ether oxygens (including phenoxy) is 2. The molecule has 2 saturated heterocycles. The quantitative estimate of drug-likeness (QED) is 0.711. The third kappa shape index (κ3) is 2.62. The SMILES string of the molecule is COc1ccc(N2C(=O)[C@H]3[C@H](C2=O)[C@H](C(C)=O)N2C=Cc4ccccc4[C@H]32)c(OC)c1. The highest BCUT2D eigenvalue weighted by molar-refractivity contribution is 6.24. The van der Waals surface area contributed by atoms with Crippen LogP contribution in [0.1, 0.15) is 24.1 Å². The van der Waals surface area contributed by atoms with E-state index in [1.165, 1.54) is 26.0 Å². The van der Waals surface area contributed by atoms with Crippen LogP contribution < -0.4 is 14.4 Å². The summed E-state index contributed by atoms with van der Waals surface area (Å²) in [5.41, 5.74) is 2.31. The molecule has 0 aliphatic carbocycles. The molecule has 158 valence electrons. The molecule has 2 aromatic rings. The van der Waals surface area contributed by atoms with Crippen LogP contribution in [0.25, 0.3) is 6.08 Å². The third-order valence-electron chi connectivity index (χ3n) is 6.51. The second-order valence-electron chi connectivity index (χ2n) is 7.99. The number of benzene rings is 2. The summed E-state index contributed by atoms with van der Waals surface area (Å²) >= 11 is 0. The predicted molar refractivity (Wildman–Crippen MR) is 114 cm³/mol. The van der Waals surface area contributed by atoms with Crippen LogP contribution in [-0.2, 0) is 14.4 Å². The molecule has 3 aliphatic heterocycles. The Hall–Kier alpha value is -3.61. The number of methoxy groups -OCH3 is 2. The van der Waals surface area contributed by atoms with Gasteiger partial charge in [-0.25, -0.2) is 4.90 Å². The van der Waals surface area contributed by atoms with Crippen molar-refractivity contribution < 1.29 is 23.9 Å². The lowest BCUT2D eigenvalue weighted by atomic mass is 9.84. The number of rotatable bonds is 4. The summed E-state index contributed by atoms with van der Waals surface area (Å²) in [6.07, 6.45) is 3.78. The van der Waals surface area contributed by atoms with Crippen LogP contribution in [0.2, 0.25) is 0 Å². The number of carbonyl (C=O) groups is 3. The van der Waals surface area contributed by atoms with Crippen molar-refractivity contribution in [2.24, 2.45) is 11.8 Å². The molecule has 4 atom stereocenters. The van der Waals surface area contributed by atoms with Gasteiger partial charge in [0.1, 0.15) is 11.5 Å². The van der Waals surface area contributed by atoms with Crippen molar-refractivity contribution in [1.82, 2.24) is 4.90 Å². The fourth-order valence-electron chi connectivity index (χ4n) is 5.23. The van der Waals surface area contributed by atoms with Crippen molar-refractivity contribution in [2.45, 2.75) is 19.0 Å². The van der Waals surface area contributed by atoms with Gasteiger partial charge in [0.05, 0.1) is 43.8 Å². The van der Waals surface area contributed by atoms with Crippen LogP contribution in [-0.4, -0.2) is 42.8 Å². The minimum Gasteiger partial charge on any atom is -0.497 e. The molecule has 7 nitrogen and oxygen atoms in total. The Labute approximate surface area is 179 Å². The Bertz CT molecular complexity index is 1140. The van der Waals surface area contributed by atoms with E-state index < -0.39 is 17.9 Å². The largest absolute Gasteiger partial charge is 0.497 e. The molecule has 0 saturated carbocycles. The monoisotopic (exact) mass is 418 g/mol. The van der Waals surface area contributed by atoms with E-state index in [1.54, 1.807) is 18.2 Å². The molecule has 0 spiro atoms. The molecule has 0 radical (unpaired) electrons. The Morgan fingerprint density at radius 3 is 2.42 bits per heavy atom. The fourth-order valence-corrected chi connectivity index (χ4v) is 5.23. The van der Waals surface area contributed by atoms with E-state index in [2.05, 4.69) is 0 Å². The summed E-state index contributed by atoms with van der Waals surface area (Å²) in [5.74, 6) is -1.32. The maximum atomic E-state index is 13.7. The van der Waals surface area contributed by atoms with Crippen molar-refractivity contribution >= 4 is 29.4 Å². The maximum Gasteiger partial charge on any atom is 0.240 e. The minimum absolute atomic E-state index is 0.133. The number of anilines is 1. The number of ketones is 1. The summed E-state index contributed by atoms with van der Waals surface area (Å²) in [6, 6.07) is 11.7. The Kier molecular flexibility index (Phi) is 4.36. The van der Waals surface area contributed by atoms with E-state index in [9.17, 15) is 14.4 Å². The van der Waals surface area contributed by atoms with Crippen molar-refractivity contribution in [1.29, 1.82) is 0 Å². The second-order valence-corrected chi connectivity index (χ2v) is 7.99. The van der Waals surface area contributed by atoms with Crippen molar-refractivity contribution in [3.63, 3.8) is 0 Å². The molecule has 3 aliphatic rings. The second kappa shape index (κ2) is 6.97. The Balaban J connectivity index is 1.64. The zero-order valence-corrected chi connectivity index (χ0v) is 17.4. The predicted octanol–water partition coefficient (Wildman–Crippen LogP) is 2.81. The highest BCUT2D eigenvalue weighted by atomic mass is 16.5. The van der Waals surface area contributed by atoms with Gasteiger partial charge in [0, 0.05) is 12.3 Å². The number of hydrogen-bond donors (Lipinski definition) is 0.